The van der Waals surface area contributed by atoms with Gasteiger partial charge in [0.25, 0.3) is 5.91 Å². The number of anilines is 3. The monoisotopic (exact) mass is 373 g/mol. The van der Waals surface area contributed by atoms with Crippen LogP contribution in [0.1, 0.15) is 26.6 Å². The average molecular weight is 374 g/mol. The lowest BCUT2D eigenvalue weighted by molar-refractivity contribution is 0.103. The van der Waals surface area contributed by atoms with E-state index in [9.17, 15) is 4.79 Å². The number of carbonyl (C=O) groups excluding carboxylic acids is 1. The van der Waals surface area contributed by atoms with Crippen molar-refractivity contribution in [3.8, 4) is 0 Å². The molecule has 0 fully saturated rings. The molecule has 2 heterocycles. The lowest BCUT2D eigenvalue weighted by atomic mass is 10.2. The molecule has 0 radical (unpaired) electrons. The highest BCUT2D eigenvalue weighted by atomic mass is 35.5. The maximum Gasteiger partial charge on any atom is 0.267 e. The molecule has 2 aromatic heterocycles. The van der Waals surface area contributed by atoms with Crippen molar-refractivity contribution in [2.45, 2.75) is 20.8 Å². The number of thiazole rings is 1. The number of nitrogens with zero attached hydrogens (tertiary/aromatic N) is 3. The predicted octanol–water partition coefficient (Wildman–Crippen LogP) is 4.51. The Balaban J connectivity index is 1.75. The maximum atomic E-state index is 12.4. The van der Waals surface area contributed by atoms with Crippen molar-refractivity contribution in [1.29, 1.82) is 0 Å². The Labute approximate surface area is 154 Å². The van der Waals surface area contributed by atoms with Crippen LogP contribution in [-0.4, -0.2) is 20.9 Å². The molecule has 0 unspecified atom stereocenters. The summed E-state index contributed by atoms with van der Waals surface area (Å²) in [6.45, 7) is 5.63. The van der Waals surface area contributed by atoms with Gasteiger partial charge in [-0.15, -0.1) is 0 Å². The Hall–Kier alpha value is -2.51. The molecule has 0 aliphatic carbocycles. The highest BCUT2D eigenvalue weighted by Gasteiger charge is 2.14. The molecule has 0 saturated carbocycles. The highest BCUT2D eigenvalue weighted by molar-refractivity contribution is 7.17. The van der Waals surface area contributed by atoms with E-state index in [1.54, 1.807) is 12.3 Å². The van der Waals surface area contributed by atoms with Crippen LogP contribution in [0.4, 0.5) is 16.6 Å². The van der Waals surface area contributed by atoms with Crippen LogP contribution in [0.15, 0.2) is 30.6 Å². The topological polar surface area (TPSA) is 79.8 Å². The van der Waals surface area contributed by atoms with Crippen molar-refractivity contribution in [2.75, 3.05) is 10.6 Å². The highest BCUT2D eigenvalue weighted by Crippen LogP contribution is 2.28. The lowest BCUT2D eigenvalue weighted by Crippen LogP contribution is -2.11. The Morgan fingerprint density at radius 2 is 1.96 bits per heavy atom. The molecule has 6 nitrogen and oxygen atoms in total. The van der Waals surface area contributed by atoms with Crippen molar-refractivity contribution >= 4 is 45.5 Å². The third kappa shape index (κ3) is 3.94. The summed E-state index contributed by atoms with van der Waals surface area (Å²) >= 11 is 7.38. The normalized spacial score (nSPS) is 10.6. The maximum absolute atomic E-state index is 12.4. The van der Waals surface area contributed by atoms with Gasteiger partial charge in [0.1, 0.15) is 4.88 Å². The molecular formula is C17H16ClN5OS. The number of hydrogen-bond donors (Lipinski definition) is 2. The number of rotatable bonds is 4. The lowest BCUT2D eigenvalue weighted by Gasteiger charge is -2.08. The third-order valence-corrected chi connectivity index (χ3v) is 4.71. The van der Waals surface area contributed by atoms with Gasteiger partial charge in [-0.25, -0.2) is 9.97 Å². The number of carbonyl (C=O) groups is 1. The molecule has 0 spiro atoms. The van der Waals surface area contributed by atoms with E-state index in [1.807, 2.05) is 32.9 Å². The van der Waals surface area contributed by atoms with Gasteiger partial charge in [0.15, 0.2) is 10.9 Å². The third-order valence-electron chi connectivity index (χ3n) is 3.48. The Bertz CT molecular complexity index is 920. The first-order valence-corrected chi connectivity index (χ1v) is 8.73. The number of aromatic nitrogens is 3. The van der Waals surface area contributed by atoms with Crippen LogP contribution in [0.5, 0.6) is 0 Å². The summed E-state index contributed by atoms with van der Waals surface area (Å²) in [6, 6.07) is 5.47. The molecule has 25 heavy (non-hydrogen) atoms. The predicted molar refractivity (Wildman–Crippen MR) is 101 cm³/mol. The molecule has 3 rings (SSSR count). The zero-order valence-electron chi connectivity index (χ0n) is 13.9. The van der Waals surface area contributed by atoms with Crippen LogP contribution >= 0.6 is 22.9 Å². The molecule has 0 bridgehead atoms. The van der Waals surface area contributed by atoms with Crippen LogP contribution in [0.3, 0.4) is 0 Å². The first-order valence-electron chi connectivity index (χ1n) is 7.53. The number of para-hydroxylation sites is 1. The molecule has 0 atom stereocenters. The Morgan fingerprint density at radius 1 is 1.16 bits per heavy atom. The number of halogens is 1. The standard InChI is InChI=1S/C17H16ClN5OS/c1-9-5-4-6-12(18)14(9)22-16(24)13-8-20-17(25-13)23-15-11(3)21-10(2)7-19-15/h4-8H,1-3H3,(H,22,24)(H,19,20,23). The number of amides is 1. The number of benzene rings is 1. The van der Waals surface area contributed by atoms with Crippen LogP contribution in [0.25, 0.3) is 0 Å². The van der Waals surface area contributed by atoms with E-state index in [0.29, 0.717) is 26.5 Å². The summed E-state index contributed by atoms with van der Waals surface area (Å²) in [7, 11) is 0. The summed E-state index contributed by atoms with van der Waals surface area (Å²) in [5.41, 5.74) is 3.12. The van der Waals surface area contributed by atoms with Gasteiger partial charge in [0, 0.05) is 0 Å². The number of aryl methyl sites for hydroxylation is 3. The van der Waals surface area contributed by atoms with Gasteiger partial charge >= 0.3 is 0 Å². The Kier molecular flexibility index (Phi) is 4.96. The second-order valence-electron chi connectivity index (χ2n) is 5.49. The zero-order chi connectivity index (χ0) is 18.0. The van der Waals surface area contributed by atoms with Crippen LogP contribution in [-0.2, 0) is 0 Å². The van der Waals surface area contributed by atoms with Gasteiger partial charge in [-0.3, -0.25) is 9.78 Å². The molecule has 0 saturated heterocycles. The van der Waals surface area contributed by atoms with Gasteiger partial charge in [0.05, 0.1) is 34.5 Å². The zero-order valence-corrected chi connectivity index (χ0v) is 15.5. The molecule has 1 aromatic carbocycles. The summed E-state index contributed by atoms with van der Waals surface area (Å²) in [4.78, 5) is 25.8. The van der Waals surface area contributed by atoms with Crippen molar-refractivity contribution in [2.24, 2.45) is 0 Å². The van der Waals surface area contributed by atoms with Crippen LogP contribution in [0, 0.1) is 20.8 Å². The summed E-state index contributed by atoms with van der Waals surface area (Å²) in [5, 5.41) is 7.00. The molecule has 2 N–H and O–H groups in total. The first-order chi connectivity index (χ1) is 11.9. The molecule has 0 aliphatic rings. The van der Waals surface area contributed by atoms with E-state index < -0.39 is 0 Å². The summed E-state index contributed by atoms with van der Waals surface area (Å²) in [6.07, 6.45) is 3.20. The second-order valence-corrected chi connectivity index (χ2v) is 6.92. The molecular weight excluding hydrogens is 358 g/mol. The first kappa shape index (κ1) is 17.3. The largest absolute Gasteiger partial charge is 0.320 e. The van der Waals surface area contributed by atoms with Crippen molar-refractivity contribution in [1.82, 2.24) is 15.0 Å². The quantitative estimate of drug-likeness (QED) is 0.703. The van der Waals surface area contributed by atoms with Crippen molar-refractivity contribution < 1.29 is 4.79 Å². The molecule has 8 heteroatoms. The molecule has 3 aromatic rings. The minimum absolute atomic E-state index is 0.256. The summed E-state index contributed by atoms with van der Waals surface area (Å²) in [5.74, 6) is 0.363. The van der Waals surface area contributed by atoms with E-state index in [0.717, 1.165) is 17.0 Å². The van der Waals surface area contributed by atoms with E-state index in [-0.39, 0.29) is 5.91 Å². The fraction of sp³-hybridized carbons (Fsp3) is 0.176. The second kappa shape index (κ2) is 7.16. The van der Waals surface area contributed by atoms with E-state index >= 15 is 0 Å². The van der Waals surface area contributed by atoms with E-state index in [4.69, 9.17) is 11.6 Å². The van der Waals surface area contributed by atoms with Gasteiger partial charge in [-0.05, 0) is 32.4 Å². The van der Waals surface area contributed by atoms with E-state index in [2.05, 4.69) is 25.6 Å². The average Bonchev–Trinajstić information content (AvgIpc) is 3.02. The van der Waals surface area contributed by atoms with Gasteiger partial charge < -0.3 is 10.6 Å². The Morgan fingerprint density at radius 3 is 2.68 bits per heavy atom. The molecule has 0 aliphatic heterocycles. The smallest absolute Gasteiger partial charge is 0.267 e. The van der Waals surface area contributed by atoms with Gasteiger partial charge in [-0.1, -0.05) is 35.1 Å². The van der Waals surface area contributed by atoms with Crippen molar-refractivity contribution in [3.63, 3.8) is 0 Å². The fourth-order valence-corrected chi connectivity index (χ4v) is 3.20. The van der Waals surface area contributed by atoms with E-state index in [1.165, 1.54) is 17.5 Å². The van der Waals surface area contributed by atoms with Gasteiger partial charge in [0.2, 0.25) is 0 Å². The van der Waals surface area contributed by atoms with Crippen LogP contribution < -0.4 is 10.6 Å². The molecule has 1 amide bonds. The summed E-state index contributed by atoms with van der Waals surface area (Å²) < 4.78 is 0. The fourth-order valence-electron chi connectivity index (χ4n) is 2.22. The number of hydrogen-bond acceptors (Lipinski definition) is 6. The van der Waals surface area contributed by atoms with Gasteiger partial charge in [-0.2, -0.15) is 0 Å². The van der Waals surface area contributed by atoms with Crippen LogP contribution in [0.2, 0.25) is 5.02 Å². The number of nitrogens with one attached hydrogen (secondary N) is 2. The minimum Gasteiger partial charge on any atom is -0.320 e. The molecule has 128 valence electrons. The SMILES string of the molecule is Cc1cnc(Nc2ncc(C(=O)Nc3c(C)cccc3Cl)s2)c(C)n1. The van der Waals surface area contributed by atoms with Crippen molar-refractivity contribution in [3.05, 3.63) is 57.4 Å². The minimum atomic E-state index is -0.256.